The van der Waals surface area contributed by atoms with Gasteiger partial charge in [0, 0.05) is 6.20 Å². The zero-order valence-corrected chi connectivity index (χ0v) is 6.34. The smallest absolute Gasteiger partial charge is 0.143 e. The molecule has 9 heavy (non-hydrogen) atoms. The van der Waals surface area contributed by atoms with E-state index in [9.17, 15) is 0 Å². The van der Waals surface area contributed by atoms with Crippen LogP contribution in [0.3, 0.4) is 0 Å². The van der Waals surface area contributed by atoms with Gasteiger partial charge in [-0.05, 0) is 28.1 Å². The molecule has 0 aliphatic rings. The summed E-state index contributed by atoms with van der Waals surface area (Å²) < 4.78 is 5.06. The molecule has 1 rings (SSSR count). The Balaban J connectivity index is 2.61. The third kappa shape index (κ3) is 2.01. The molecule has 0 saturated heterocycles. The van der Waals surface area contributed by atoms with Crippen LogP contribution in [0.2, 0.25) is 0 Å². The molecular weight excluding hydrogens is 182 g/mol. The SMILES string of the molecule is BrCOc1cccnc1. The van der Waals surface area contributed by atoms with Crippen LogP contribution >= 0.6 is 15.9 Å². The number of pyridine rings is 1. The van der Waals surface area contributed by atoms with Gasteiger partial charge in [-0.2, -0.15) is 0 Å². The lowest BCUT2D eigenvalue weighted by molar-refractivity contribution is 0.396. The highest BCUT2D eigenvalue weighted by Crippen LogP contribution is 2.06. The molecular formula is C6H6BrNO. The second-order valence-electron chi connectivity index (χ2n) is 1.44. The number of nitrogens with zero attached hydrogens (tertiary/aromatic N) is 1. The van der Waals surface area contributed by atoms with E-state index in [2.05, 4.69) is 20.9 Å². The van der Waals surface area contributed by atoms with E-state index in [0.29, 0.717) is 5.52 Å². The Morgan fingerprint density at radius 2 is 2.56 bits per heavy atom. The Kier molecular flexibility index (Phi) is 2.51. The first-order valence-electron chi connectivity index (χ1n) is 2.52. The molecule has 0 unspecified atom stereocenters. The Bertz CT molecular complexity index is 166. The number of hydrogen-bond acceptors (Lipinski definition) is 2. The van der Waals surface area contributed by atoms with Crippen molar-refractivity contribution in [3.05, 3.63) is 24.5 Å². The summed E-state index contributed by atoms with van der Waals surface area (Å²) in [5.74, 6) is 0.786. The Morgan fingerprint density at radius 1 is 1.67 bits per heavy atom. The summed E-state index contributed by atoms with van der Waals surface area (Å²) in [5.41, 5.74) is 0.513. The third-order valence-corrected chi connectivity index (χ3v) is 1.08. The van der Waals surface area contributed by atoms with Gasteiger partial charge < -0.3 is 4.74 Å². The van der Waals surface area contributed by atoms with Crippen molar-refractivity contribution >= 4 is 15.9 Å². The maximum absolute atomic E-state index is 5.06. The van der Waals surface area contributed by atoms with E-state index in [-0.39, 0.29) is 0 Å². The maximum atomic E-state index is 5.06. The van der Waals surface area contributed by atoms with E-state index >= 15 is 0 Å². The van der Waals surface area contributed by atoms with Crippen LogP contribution < -0.4 is 4.74 Å². The van der Waals surface area contributed by atoms with Crippen LogP contribution in [0.1, 0.15) is 0 Å². The minimum Gasteiger partial charge on any atom is -0.481 e. The normalized spacial score (nSPS) is 9.00. The molecule has 0 aliphatic carbocycles. The van der Waals surface area contributed by atoms with Gasteiger partial charge in [-0.3, -0.25) is 4.98 Å². The summed E-state index contributed by atoms with van der Waals surface area (Å²) in [5, 5.41) is 0. The van der Waals surface area contributed by atoms with Crippen molar-refractivity contribution in [2.75, 3.05) is 5.52 Å². The first-order valence-corrected chi connectivity index (χ1v) is 3.64. The second-order valence-corrected chi connectivity index (χ2v) is 1.90. The predicted molar refractivity (Wildman–Crippen MR) is 38.7 cm³/mol. The highest BCUT2D eigenvalue weighted by atomic mass is 79.9. The maximum Gasteiger partial charge on any atom is 0.143 e. The van der Waals surface area contributed by atoms with E-state index in [1.165, 1.54) is 0 Å². The number of alkyl halides is 1. The quantitative estimate of drug-likeness (QED) is 0.660. The van der Waals surface area contributed by atoms with Crippen LogP contribution in [0.4, 0.5) is 0 Å². The molecule has 1 aromatic heterocycles. The van der Waals surface area contributed by atoms with Gasteiger partial charge in [-0.1, -0.05) is 0 Å². The number of ether oxygens (including phenoxy) is 1. The Morgan fingerprint density at radius 3 is 3.11 bits per heavy atom. The fourth-order valence-corrected chi connectivity index (χ4v) is 0.760. The minimum absolute atomic E-state index is 0.513. The molecule has 0 N–H and O–H groups in total. The van der Waals surface area contributed by atoms with E-state index in [1.807, 2.05) is 12.1 Å². The van der Waals surface area contributed by atoms with Crippen molar-refractivity contribution in [3.63, 3.8) is 0 Å². The zero-order chi connectivity index (χ0) is 6.53. The topological polar surface area (TPSA) is 22.1 Å². The lowest BCUT2D eigenvalue weighted by atomic mass is 10.5. The highest BCUT2D eigenvalue weighted by Gasteiger charge is 1.85. The minimum atomic E-state index is 0.513. The summed E-state index contributed by atoms with van der Waals surface area (Å²) in [4.78, 5) is 3.86. The Hall–Kier alpha value is -0.570. The highest BCUT2D eigenvalue weighted by molar-refractivity contribution is 9.09. The predicted octanol–water partition coefficient (Wildman–Crippen LogP) is 1.81. The first kappa shape index (κ1) is 6.55. The number of hydrogen-bond donors (Lipinski definition) is 0. The molecule has 2 nitrogen and oxygen atoms in total. The molecule has 0 saturated carbocycles. The third-order valence-electron chi connectivity index (χ3n) is 0.856. The second kappa shape index (κ2) is 3.45. The van der Waals surface area contributed by atoms with Gasteiger partial charge in [-0.15, -0.1) is 0 Å². The average molecular weight is 188 g/mol. The van der Waals surface area contributed by atoms with Gasteiger partial charge in [0.15, 0.2) is 0 Å². The molecule has 1 aromatic rings. The van der Waals surface area contributed by atoms with Crippen molar-refractivity contribution in [1.29, 1.82) is 0 Å². The van der Waals surface area contributed by atoms with Crippen molar-refractivity contribution in [2.45, 2.75) is 0 Å². The summed E-state index contributed by atoms with van der Waals surface area (Å²) in [7, 11) is 0. The zero-order valence-electron chi connectivity index (χ0n) is 4.75. The van der Waals surface area contributed by atoms with Gasteiger partial charge in [0.1, 0.15) is 11.3 Å². The standard InChI is InChI=1S/C6H6BrNO/c7-5-9-6-2-1-3-8-4-6/h1-4H,5H2. The van der Waals surface area contributed by atoms with Crippen LogP contribution in [0.25, 0.3) is 0 Å². The molecule has 3 heteroatoms. The molecule has 0 radical (unpaired) electrons. The first-order chi connectivity index (χ1) is 4.43. The van der Waals surface area contributed by atoms with E-state index in [1.54, 1.807) is 12.4 Å². The average Bonchev–Trinajstić information content (AvgIpc) is 1.91. The summed E-state index contributed by atoms with van der Waals surface area (Å²) in [6.45, 7) is 0. The fraction of sp³-hybridized carbons (Fsp3) is 0.167. The molecule has 0 fully saturated rings. The Labute approximate surface area is 62.0 Å². The van der Waals surface area contributed by atoms with Crippen LogP contribution in [-0.4, -0.2) is 10.5 Å². The van der Waals surface area contributed by atoms with Crippen LogP contribution in [0.15, 0.2) is 24.5 Å². The molecule has 0 aliphatic heterocycles. The molecule has 1 heterocycles. The molecule has 48 valence electrons. The van der Waals surface area contributed by atoms with Crippen LogP contribution in [-0.2, 0) is 0 Å². The molecule has 0 spiro atoms. The fourth-order valence-electron chi connectivity index (χ4n) is 0.495. The molecule has 0 bridgehead atoms. The summed E-state index contributed by atoms with van der Waals surface area (Å²) in [6, 6.07) is 3.69. The van der Waals surface area contributed by atoms with E-state index in [0.717, 1.165) is 5.75 Å². The van der Waals surface area contributed by atoms with E-state index < -0.39 is 0 Å². The lowest BCUT2D eigenvalue weighted by Crippen LogP contribution is -1.87. The van der Waals surface area contributed by atoms with Crippen molar-refractivity contribution in [3.8, 4) is 5.75 Å². The van der Waals surface area contributed by atoms with Gasteiger partial charge in [0.05, 0.1) is 6.20 Å². The van der Waals surface area contributed by atoms with Gasteiger partial charge in [0.2, 0.25) is 0 Å². The lowest BCUT2D eigenvalue weighted by Gasteiger charge is -1.97. The number of halogens is 1. The van der Waals surface area contributed by atoms with Gasteiger partial charge in [0.25, 0.3) is 0 Å². The summed E-state index contributed by atoms with van der Waals surface area (Å²) >= 11 is 3.14. The molecule has 0 atom stereocenters. The van der Waals surface area contributed by atoms with E-state index in [4.69, 9.17) is 4.74 Å². The monoisotopic (exact) mass is 187 g/mol. The van der Waals surface area contributed by atoms with Crippen LogP contribution in [0.5, 0.6) is 5.75 Å². The number of aromatic nitrogens is 1. The summed E-state index contributed by atoms with van der Waals surface area (Å²) in [6.07, 6.45) is 3.38. The largest absolute Gasteiger partial charge is 0.481 e. The van der Waals surface area contributed by atoms with Gasteiger partial charge >= 0.3 is 0 Å². The molecule has 0 amide bonds. The van der Waals surface area contributed by atoms with Crippen molar-refractivity contribution < 1.29 is 4.74 Å². The van der Waals surface area contributed by atoms with Crippen LogP contribution in [0, 0.1) is 0 Å². The van der Waals surface area contributed by atoms with Gasteiger partial charge in [-0.25, -0.2) is 0 Å². The molecule has 0 aromatic carbocycles. The number of rotatable bonds is 2. The van der Waals surface area contributed by atoms with Crippen molar-refractivity contribution in [2.24, 2.45) is 0 Å². The van der Waals surface area contributed by atoms with Crippen molar-refractivity contribution in [1.82, 2.24) is 4.98 Å².